The van der Waals surface area contributed by atoms with E-state index in [9.17, 15) is 0 Å². The van der Waals surface area contributed by atoms with E-state index < -0.39 is 0 Å². The summed E-state index contributed by atoms with van der Waals surface area (Å²) in [4.78, 5) is 15.5. The quantitative estimate of drug-likeness (QED) is 0.161. The minimum Gasteiger partial charge on any atom is -0.309 e. The van der Waals surface area contributed by atoms with Crippen molar-refractivity contribution in [2.45, 2.75) is 6.92 Å². The lowest BCUT2D eigenvalue weighted by atomic mass is 10.0. The molecule has 0 atom stereocenters. The van der Waals surface area contributed by atoms with Crippen molar-refractivity contribution in [2.75, 3.05) is 0 Å². The molecule has 0 saturated heterocycles. The number of benzene rings is 9. The van der Waals surface area contributed by atoms with Crippen LogP contribution in [-0.2, 0) is 0 Å². The van der Waals surface area contributed by atoms with Crippen LogP contribution >= 0.6 is 0 Å². The molecule has 63 heavy (non-hydrogen) atoms. The lowest BCUT2D eigenvalue weighted by molar-refractivity contribution is 1.07. The molecule has 0 unspecified atom stereocenters. The normalized spacial score (nSPS) is 11.6. The zero-order valence-electron chi connectivity index (χ0n) is 34.5. The number of aryl methyl sites for hydroxylation is 1. The van der Waals surface area contributed by atoms with Crippen molar-refractivity contribution >= 4 is 43.6 Å². The van der Waals surface area contributed by atoms with Gasteiger partial charge in [0.1, 0.15) is 0 Å². The van der Waals surface area contributed by atoms with E-state index >= 15 is 0 Å². The Bertz CT molecular complexity index is 3660. The fraction of sp³-hybridized carbons (Fsp3) is 0.0172. The van der Waals surface area contributed by atoms with Crippen LogP contribution in [0.2, 0.25) is 0 Å². The first kappa shape index (κ1) is 36.4. The number of nitrogens with zero attached hydrogens (tertiary/aromatic N) is 5. The molecule has 296 valence electrons. The SMILES string of the molecule is Cc1ccc2c3ccccc3n(-c3cccc4c3c3ccccc3n4-c3cc(-c4nc(-c5ccccc5)nc(-c5ccc(-c6ccccc6)cc5)n4)ccc3-c3ccccc3)c2c1. The van der Waals surface area contributed by atoms with Gasteiger partial charge in [0.25, 0.3) is 0 Å². The summed E-state index contributed by atoms with van der Waals surface area (Å²) in [6.07, 6.45) is 0. The second kappa shape index (κ2) is 14.9. The maximum Gasteiger partial charge on any atom is 0.164 e. The topological polar surface area (TPSA) is 48.5 Å². The van der Waals surface area contributed by atoms with Crippen LogP contribution in [0.25, 0.3) is 111 Å². The van der Waals surface area contributed by atoms with Crippen LogP contribution in [0.4, 0.5) is 0 Å². The Morgan fingerprint density at radius 3 is 1.48 bits per heavy atom. The average molecular weight is 806 g/mol. The third-order valence-electron chi connectivity index (χ3n) is 12.2. The number of para-hydroxylation sites is 2. The first-order valence-corrected chi connectivity index (χ1v) is 21.4. The molecule has 12 aromatic rings. The van der Waals surface area contributed by atoms with Gasteiger partial charge in [-0.15, -0.1) is 0 Å². The third-order valence-corrected chi connectivity index (χ3v) is 12.2. The van der Waals surface area contributed by atoms with Gasteiger partial charge >= 0.3 is 0 Å². The van der Waals surface area contributed by atoms with Gasteiger partial charge in [-0.05, 0) is 65.6 Å². The van der Waals surface area contributed by atoms with Gasteiger partial charge in [0, 0.05) is 43.8 Å². The third kappa shape index (κ3) is 6.21. The molecular weight excluding hydrogens is 767 g/mol. The maximum absolute atomic E-state index is 5.23. The smallest absolute Gasteiger partial charge is 0.164 e. The van der Waals surface area contributed by atoms with E-state index in [1.807, 2.05) is 24.3 Å². The van der Waals surface area contributed by atoms with Gasteiger partial charge in [-0.2, -0.15) is 0 Å². The Balaban J connectivity index is 1.10. The highest BCUT2D eigenvalue weighted by atomic mass is 15.0. The van der Waals surface area contributed by atoms with Gasteiger partial charge in [0.15, 0.2) is 17.5 Å². The second-order valence-electron chi connectivity index (χ2n) is 16.1. The molecule has 0 N–H and O–H groups in total. The highest BCUT2D eigenvalue weighted by Gasteiger charge is 2.22. The number of hydrogen-bond acceptors (Lipinski definition) is 3. The molecule has 5 nitrogen and oxygen atoms in total. The summed E-state index contributed by atoms with van der Waals surface area (Å²) >= 11 is 0. The summed E-state index contributed by atoms with van der Waals surface area (Å²) in [7, 11) is 0. The predicted octanol–water partition coefficient (Wildman–Crippen LogP) is 14.7. The molecule has 0 aliphatic heterocycles. The molecule has 0 radical (unpaired) electrons. The molecule has 0 amide bonds. The van der Waals surface area contributed by atoms with Crippen LogP contribution in [-0.4, -0.2) is 24.1 Å². The van der Waals surface area contributed by atoms with E-state index in [0.717, 1.165) is 55.8 Å². The molecule has 0 spiro atoms. The van der Waals surface area contributed by atoms with Crippen molar-refractivity contribution < 1.29 is 0 Å². The molecule has 9 aromatic carbocycles. The summed E-state index contributed by atoms with van der Waals surface area (Å²) < 4.78 is 4.89. The Morgan fingerprint density at radius 2 is 0.778 bits per heavy atom. The van der Waals surface area contributed by atoms with Gasteiger partial charge in [-0.25, -0.2) is 15.0 Å². The van der Waals surface area contributed by atoms with Crippen molar-refractivity contribution in [3.05, 3.63) is 224 Å². The average Bonchev–Trinajstić information content (AvgIpc) is 3.87. The van der Waals surface area contributed by atoms with Crippen molar-refractivity contribution in [3.63, 3.8) is 0 Å². The molecule has 0 aliphatic carbocycles. The first-order valence-electron chi connectivity index (χ1n) is 21.4. The van der Waals surface area contributed by atoms with E-state index in [-0.39, 0.29) is 0 Å². The zero-order valence-corrected chi connectivity index (χ0v) is 34.5. The minimum atomic E-state index is 0.606. The maximum atomic E-state index is 5.23. The molecule has 0 aliphatic rings. The van der Waals surface area contributed by atoms with Crippen LogP contribution < -0.4 is 0 Å². The van der Waals surface area contributed by atoms with Crippen LogP contribution in [0.1, 0.15) is 5.56 Å². The van der Waals surface area contributed by atoms with Crippen LogP contribution in [0.5, 0.6) is 0 Å². The Labute approximate surface area is 364 Å². The lowest BCUT2D eigenvalue weighted by Gasteiger charge is -2.17. The first-order chi connectivity index (χ1) is 31.2. The number of aromatic nitrogens is 5. The molecule has 0 saturated carbocycles. The fourth-order valence-electron chi connectivity index (χ4n) is 9.30. The van der Waals surface area contributed by atoms with Gasteiger partial charge < -0.3 is 9.13 Å². The van der Waals surface area contributed by atoms with Crippen molar-refractivity contribution in [1.29, 1.82) is 0 Å². The van der Waals surface area contributed by atoms with Crippen molar-refractivity contribution in [3.8, 4) is 67.8 Å². The van der Waals surface area contributed by atoms with Gasteiger partial charge in [-0.1, -0.05) is 182 Å². The molecule has 5 heteroatoms. The molecule has 0 bridgehead atoms. The van der Waals surface area contributed by atoms with Crippen LogP contribution in [0.15, 0.2) is 218 Å². The van der Waals surface area contributed by atoms with E-state index in [0.29, 0.717) is 17.5 Å². The molecular formula is C58H39N5. The van der Waals surface area contributed by atoms with Crippen LogP contribution in [0.3, 0.4) is 0 Å². The fourth-order valence-corrected chi connectivity index (χ4v) is 9.30. The molecule has 0 fully saturated rings. The second-order valence-corrected chi connectivity index (χ2v) is 16.1. The molecule has 3 aromatic heterocycles. The Hall–Kier alpha value is -8.41. The monoisotopic (exact) mass is 805 g/mol. The van der Waals surface area contributed by atoms with Gasteiger partial charge in [0.05, 0.1) is 33.4 Å². The highest BCUT2D eigenvalue weighted by Crippen LogP contribution is 2.42. The number of hydrogen-bond donors (Lipinski definition) is 0. The highest BCUT2D eigenvalue weighted by molar-refractivity contribution is 6.16. The summed E-state index contributed by atoms with van der Waals surface area (Å²) in [5, 5.41) is 4.86. The Morgan fingerprint density at radius 1 is 0.302 bits per heavy atom. The summed E-state index contributed by atoms with van der Waals surface area (Å²) in [5.41, 5.74) is 15.3. The predicted molar refractivity (Wildman–Crippen MR) is 260 cm³/mol. The summed E-state index contributed by atoms with van der Waals surface area (Å²) in [5.74, 6) is 1.85. The van der Waals surface area contributed by atoms with E-state index in [4.69, 9.17) is 15.0 Å². The number of fused-ring (bicyclic) bond motifs is 6. The zero-order chi connectivity index (χ0) is 41.9. The minimum absolute atomic E-state index is 0.606. The molecule has 12 rings (SSSR count). The standard InChI is InChI=1S/C58H39N5/c1-38-28-34-47-46-22-11-13-24-49(46)62(53(47)36-38)51-26-15-27-52-55(51)48-23-12-14-25-50(48)63(52)54-37-44(33-35-45(54)41-18-7-3-8-19-41)58-60-56(42-20-9-4-10-21-42)59-57(61-58)43-31-29-40(30-32-43)39-16-5-2-6-17-39/h2-37H,1H3. The largest absolute Gasteiger partial charge is 0.309 e. The number of rotatable bonds is 7. The molecule has 3 heterocycles. The lowest BCUT2D eigenvalue weighted by Crippen LogP contribution is -2.02. The van der Waals surface area contributed by atoms with E-state index in [1.165, 1.54) is 43.7 Å². The Kier molecular flexibility index (Phi) is 8.64. The van der Waals surface area contributed by atoms with Gasteiger partial charge in [0.2, 0.25) is 0 Å². The van der Waals surface area contributed by atoms with Crippen LogP contribution in [0, 0.1) is 6.92 Å². The van der Waals surface area contributed by atoms with E-state index in [1.54, 1.807) is 0 Å². The van der Waals surface area contributed by atoms with Crippen molar-refractivity contribution in [1.82, 2.24) is 24.1 Å². The summed E-state index contributed by atoms with van der Waals surface area (Å²) in [6, 6.07) is 77.4. The van der Waals surface area contributed by atoms with Gasteiger partial charge in [-0.3, -0.25) is 0 Å². The summed E-state index contributed by atoms with van der Waals surface area (Å²) in [6.45, 7) is 2.17. The van der Waals surface area contributed by atoms with Crippen molar-refractivity contribution in [2.24, 2.45) is 0 Å². The van der Waals surface area contributed by atoms with E-state index in [2.05, 4.69) is 210 Å².